The Labute approximate surface area is 166 Å². The largest absolute Gasteiger partial charge is 0.393 e. The van der Waals surface area contributed by atoms with Crippen LogP contribution in [0.3, 0.4) is 0 Å². The fourth-order valence-electron chi connectivity index (χ4n) is 3.80. The van der Waals surface area contributed by atoms with E-state index in [2.05, 4.69) is 0 Å². The Morgan fingerprint density at radius 1 is 1.18 bits per heavy atom. The highest BCUT2D eigenvalue weighted by Gasteiger charge is 2.62. The second-order valence-electron chi connectivity index (χ2n) is 7.93. The number of rotatable bonds is 9. The molecule has 0 radical (unpaired) electrons. The fraction of sp³-hybridized carbons (Fsp3) is 0.700. The normalized spacial score (nSPS) is 33.5. The lowest BCUT2D eigenvalue weighted by Crippen LogP contribution is -2.50. The van der Waals surface area contributed by atoms with E-state index in [1.807, 2.05) is 51.1 Å². The lowest BCUT2D eigenvalue weighted by molar-refractivity contribution is -0.252. The van der Waals surface area contributed by atoms with Crippen molar-refractivity contribution in [2.45, 2.75) is 63.7 Å². The van der Waals surface area contributed by atoms with Gasteiger partial charge in [-0.3, -0.25) is 4.57 Å². The molecule has 0 aromatic heterocycles. The van der Waals surface area contributed by atoms with Crippen LogP contribution in [0.15, 0.2) is 30.3 Å². The van der Waals surface area contributed by atoms with Crippen LogP contribution in [0.2, 0.25) is 0 Å². The van der Waals surface area contributed by atoms with Crippen molar-refractivity contribution >= 4 is 7.37 Å². The van der Waals surface area contributed by atoms with E-state index in [9.17, 15) is 9.67 Å². The van der Waals surface area contributed by atoms with E-state index in [0.717, 1.165) is 5.56 Å². The Morgan fingerprint density at radius 3 is 2.54 bits per heavy atom. The van der Waals surface area contributed by atoms with Gasteiger partial charge in [0.1, 0.15) is 17.8 Å². The zero-order chi connectivity index (χ0) is 20.4. The van der Waals surface area contributed by atoms with E-state index >= 15 is 0 Å². The predicted molar refractivity (Wildman–Crippen MR) is 104 cm³/mol. The lowest BCUT2D eigenvalue weighted by atomic mass is 9.93. The van der Waals surface area contributed by atoms with Crippen LogP contribution >= 0.6 is 7.37 Å². The first-order chi connectivity index (χ1) is 13.2. The maximum Gasteiger partial charge on any atom is 0.200 e. The minimum Gasteiger partial charge on any atom is -0.393 e. The monoisotopic (exact) mass is 414 g/mol. The molecule has 7 nitrogen and oxygen atoms in total. The van der Waals surface area contributed by atoms with Crippen molar-refractivity contribution in [3.8, 4) is 0 Å². The Hall–Kier alpha value is -0.790. The number of aliphatic hydroxyl groups excluding tert-OH is 1. The first kappa shape index (κ1) is 21.9. The van der Waals surface area contributed by atoms with Gasteiger partial charge in [0.15, 0.2) is 19.4 Å². The summed E-state index contributed by atoms with van der Waals surface area (Å²) in [4.78, 5) is 0. The van der Waals surface area contributed by atoms with Gasteiger partial charge in [0, 0.05) is 12.8 Å². The van der Waals surface area contributed by atoms with E-state index < -0.39 is 37.3 Å². The summed E-state index contributed by atoms with van der Waals surface area (Å²) in [5, 5.41) is 10.2. The van der Waals surface area contributed by atoms with E-state index in [-0.39, 0.29) is 12.8 Å². The molecule has 2 aliphatic heterocycles. The molecule has 3 rings (SSSR count). The molecule has 2 heterocycles. The predicted octanol–water partition coefficient (Wildman–Crippen LogP) is 3.15. The van der Waals surface area contributed by atoms with Crippen molar-refractivity contribution in [1.29, 1.82) is 0 Å². The summed E-state index contributed by atoms with van der Waals surface area (Å²) in [5.41, 5.74) is -0.0601. The number of aliphatic hydroxyl groups is 1. The lowest BCUT2D eigenvalue weighted by Gasteiger charge is -2.36. The minimum absolute atomic E-state index is 0.273. The van der Waals surface area contributed by atoms with Crippen LogP contribution in [-0.2, 0) is 34.6 Å². The zero-order valence-corrected chi connectivity index (χ0v) is 17.9. The van der Waals surface area contributed by atoms with Gasteiger partial charge in [0.05, 0.1) is 19.8 Å². The fourth-order valence-corrected chi connectivity index (χ4v) is 5.26. The van der Waals surface area contributed by atoms with Gasteiger partial charge < -0.3 is 28.6 Å². The summed E-state index contributed by atoms with van der Waals surface area (Å²) < 4.78 is 42.2. The van der Waals surface area contributed by atoms with Gasteiger partial charge >= 0.3 is 0 Å². The third-order valence-corrected chi connectivity index (χ3v) is 6.98. The van der Waals surface area contributed by atoms with Gasteiger partial charge in [0.25, 0.3) is 0 Å². The van der Waals surface area contributed by atoms with Crippen LogP contribution in [0.4, 0.5) is 0 Å². The molecule has 8 heteroatoms. The Bertz CT molecular complexity index is 695. The highest BCUT2D eigenvalue weighted by Crippen LogP contribution is 2.49. The molecule has 2 aliphatic rings. The third-order valence-electron chi connectivity index (χ3n) is 5.14. The quantitative estimate of drug-likeness (QED) is 0.622. The second kappa shape index (κ2) is 8.52. The Kier molecular flexibility index (Phi) is 6.67. The first-order valence-electron chi connectivity index (χ1n) is 9.71. The van der Waals surface area contributed by atoms with Gasteiger partial charge in [-0.15, -0.1) is 0 Å². The van der Waals surface area contributed by atoms with Crippen molar-refractivity contribution in [2.24, 2.45) is 0 Å². The van der Waals surface area contributed by atoms with Gasteiger partial charge in [-0.05, 0) is 32.8 Å². The summed E-state index contributed by atoms with van der Waals surface area (Å²) in [5.74, 6) is -0.795. The molecule has 0 saturated carbocycles. The molecule has 0 bridgehead atoms. The molecular weight excluding hydrogens is 383 g/mol. The van der Waals surface area contributed by atoms with E-state index in [1.165, 1.54) is 0 Å². The molecule has 5 atom stereocenters. The van der Waals surface area contributed by atoms with E-state index in [4.69, 9.17) is 23.5 Å². The number of benzene rings is 1. The molecule has 0 spiro atoms. The smallest absolute Gasteiger partial charge is 0.200 e. The second-order valence-corrected chi connectivity index (χ2v) is 10.7. The van der Waals surface area contributed by atoms with Crippen molar-refractivity contribution < 1.29 is 33.1 Å². The van der Waals surface area contributed by atoms with Crippen LogP contribution in [0.5, 0.6) is 0 Å². The summed E-state index contributed by atoms with van der Waals surface area (Å²) >= 11 is 0. The molecule has 2 saturated heterocycles. The van der Waals surface area contributed by atoms with Crippen LogP contribution in [0.25, 0.3) is 0 Å². The molecule has 1 aromatic carbocycles. The number of hydrogen-bond donors (Lipinski definition) is 1. The molecule has 1 N–H and O–H groups in total. The maximum atomic E-state index is 12.6. The van der Waals surface area contributed by atoms with E-state index in [1.54, 1.807) is 6.66 Å². The van der Waals surface area contributed by atoms with Gasteiger partial charge in [-0.1, -0.05) is 30.3 Å². The molecule has 0 amide bonds. The summed E-state index contributed by atoms with van der Waals surface area (Å²) in [7, 11) is -2.79. The SMILES string of the molecule is CCOP(C)(=O)CC[C@]1(CO)O[C@@H]2OC(C)(C)OC2[C@H]1OCc1ccccc1. The Balaban J connectivity index is 1.79. The first-order valence-corrected chi connectivity index (χ1v) is 12.0. The van der Waals surface area contributed by atoms with Crippen molar-refractivity contribution in [1.82, 2.24) is 0 Å². The van der Waals surface area contributed by atoms with Crippen LogP contribution in [-0.4, -0.2) is 61.0 Å². The summed E-state index contributed by atoms with van der Waals surface area (Å²) in [6.07, 6.45) is -1.10. The molecule has 28 heavy (non-hydrogen) atoms. The van der Waals surface area contributed by atoms with Crippen LogP contribution in [0.1, 0.15) is 32.8 Å². The Morgan fingerprint density at radius 2 is 1.89 bits per heavy atom. The number of ether oxygens (including phenoxy) is 4. The molecule has 2 unspecified atom stereocenters. The average Bonchev–Trinajstić information content (AvgIpc) is 3.08. The topological polar surface area (TPSA) is 83.5 Å². The molecule has 2 fully saturated rings. The highest BCUT2D eigenvalue weighted by molar-refractivity contribution is 7.58. The van der Waals surface area contributed by atoms with Gasteiger partial charge in [-0.2, -0.15) is 0 Å². The van der Waals surface area contributed by atoms with Crippen LogP contribution < -0.4 is 0 Å². The maximum absolute atomic E-state index is 12.6. The minimum atomic E-state index is -2.79. The zero-order valence-electron chi connectivity index (χ0n) is 17.0. The average molecular weight is 414 g/mol. The summed E-state index contributed by atoms with van der Waals surface area (Å²) in [6, 6.07) is 9.77. The molecule has 158 valence electrons. The van der Waals surface area contributed by atoms with Crippen molar-refractivity contribution in [2.75, 3.05) is 26.0 Å². The number of hydrogen-bond acceptors (Lipinski definition) is 7. The highest BCUT2D eigenvalue weighted by atomic mass is 31.2. The summed E-state index contributed by atoms with van der Waals surface area (Å²) in [6.45, 7) is 7.48. The van der Waals surface area contributed by atoms with Crippen molar-refractivity contribution in [3.05, 3.63) is 35.9 Å². The van der Waals surface area contributed by atoms with Crippen LogP contribution in [0, 0.1) is 0 Å². The molecule has 1 aromatic rings. The van der Waals surface area contributed by atoms with Gasteiger partial charge in [-0.25, -0.2) is 0 Å². The third kappa shape index (κ3) is 4.85. The van der Waals surface area contributed by atoms with E-state index in [0.29, 0.717) is 19.6 Å². The molecular formula is C20H31O7P. The number of fused-ring (bicyclic) bond motifs is 1. The van der Waals surface area contributed by atoms with Gasteiger partial charge in [0.2, 0.25) is 0 Å². The molecule has 0 aliphatic carbocycles. The van der Waals surface area contributed by atoms with Crippen molar-refractivity contribution in [3.63, 3.8) is 0 Å². The standard InChI is InChI=1S/C20H31O7P/c1-5-24-28(4,22)12-11-20(14-21)17(23-13-15-9-7-6-8-10-15)16-18(27-20)26-19(2,3)25-16/h6-10,16-18,21H,5,11-14H2,1-4H3/t16?,17-,18+,20-,28?/m1/s1.